The highest BCUT2D eigenvalue weighted by molar-refractivity contribution is 5.97. The smallest absolute Gasteiger partial charge is 0.245 e. The van der Waals surface area contributed by atoms with E-state index in [9.17, 15) is 9.59 Å². The fourth-order valence-electron chi connectivity index (χ4n) is 2.80. The van der Waals surface area contributed by atoms with E-state index in [1.54, 1.807) is 4.90 Å². The first-order valence-corrected chi connectivity index (χ1v) is 7.77. The standard InChI is InChI=1S/C15H26N2O3/c1-4-5-12-15(19)17(8-9-20-10(2)3)13(11-6-7-11)14(18)16-12/h10-13H,4-9H2,1-3H3,(H,16,18). The van der Waals surface area contributed by atoms with E-state index < -0.39 is 0 Å². The molecule has 2 atom stereocenters. The molecule has 2 amide bonds. The highest BCUT2D eigenvalue weighted by atomic mass is 16.5. The van der Waals surface area contributed by atoms with Gasteiger partial charge >= 0.3 is 0 Å². The van der Waals surface area contributed by atoms with Crippen LogP contribution < -0.4 is 5.32 Å². The van der Waals surface area contributed by atoms with Crippen molar-refractivity contribution < 1.29 is 14.3 Å². The highest BCUT2D eigenvalue weighted by Crippen LogP contribution is 2.37. The average molecular weight is 282 g/mol. The van der Waals surface area contributed by atoms with Crippen molar-refractivity contribution in [2.45, 2.75) is 64.6 Å². The van der Waals surface area contributed by atoms with Gasteiger partial charge in [0.2, 0.25) is 11.8 Å². The van der Waals surface area contributed by atoms with Crippen LogP contribution in [0.25, 0.3) is 0 Å². The lowest BCUT2D eigenvalue weighted by Gasteiger charge is -2.39. The van der Waals surface area contributed by atoms with Gasteiger partial charge in [-0.25, -0.2) is 0 Å². The van der Waals surface area contributed by atoms with Crippen molar-refractivity contribution in [3.8, 4) is 0 Å². The predicted molar refractivity (Wildman–Crippen MR) is 76.2 cm³/mol. The van der Waals surface area contributed by atoms with Gasteiger partial charge in [0.1, 0.15) is 12.1 Å². The predicted octanol–water partition coefficient (Wildman–Crippen LogP) is 1.32. The number of hydrogen-bond acceptors (Lipinski definition) is 3. The summed E-state index contributed by atoms with van der Waals surface area (Å²) in [4.78, 5) is 26.6. The monoisotopic (exact) mass is 282 g/mol. The van der Waals surface area contributed by atoms with Crippen molar-refractivity contribution in [2.24, 2.45) is 5.92 Å². The number of carbonyl (C=O) groups excluding carboxylic acids is 2. The molecule has 1 saturated heterocycles. The molecule has 0 radical (unpaired) electrons. The Bertz CT molecular complexity index is 366. The Morgan fingerprint density at radius 2 is 2.05 bits per heavy atom. The third kappa shape index (κ3) is 3.51. The summed E-state index contributed by atoms with van der Waals surface area (Å²) in [6.45, 7) is 7.00. The summed E-state index contributed by atoms with van der Waals surface area (Å²) < 4.78 is 5.55. The molecule has 0 aromatic rings. The van der Waals surface area contributed by atoms with Crippen LogP contribution in [0.3, 0.4) is 0 Å². The van der Waals surface area contributed by atoms with Gasteiger partial charge in [-0.05, 0) is 39.0 Å². The third-order valence-corrected chi connectivity index (χ3v) is 3.93. The molecule has 0 aromatic carbocycles. The van der Waals surface area contributed by atoms with Crippen molar-refractivity contribution in [2.75, 3.05) is 13.2 Å². The van der Waals surface area contributed by atoms with E-state index in [4.69, 9.17) is 4.74 Å². The first-order valence-electron chi connectivity index (χ1n) is 7.77. The molecular weight excluding hydrogens is 256 g/mol. The van der Waals surface area contributed by atoms with Gasteiger partial charge in [0, 0.05) is 6.54 Å². The fourth-order valence-corrected chi connectivity index (χ4v) is 2.80. The summed E-state index contributed by atoms with van der Waals surface area (Å²) in [5, 5.41) is 2.90. The summed E-state index contributed by atoms with van der Waals surface area (Å²) in [6.07, 6.45) is 3.84. The SMILES string of the molecule is CCCC1NC(=O)C(C2CC2)N(CCOC(C)C)C1=O. The second-order valence-corrected chi connectivity index (χ2v) is 6.08. The largest absolute Gasteiger partial charge is 0.377 e. The van der Waals surface area contributed by atoms with Gasteiger partial charge in [-0.2, -0.15) is 0 Å². The Labute approximate surface area is 121 Å². The number of hydrogen-bond donors (Lipinski definition) is 1. The van der Waals surface area contributed by atoms with Crippen LogP contribution in [0.1, 0.15) is 46.5 Å². The lowest BCUT2D eigenvalue weighted by atomic mass is 10.0. The molecule has 2 unspecified atom stereocenters. The summed E-state index contributed by atoms with van der Waals surface area (Å²) in [7, 11) is 0. The molecule has 1 heterocycles. The van der Waals surface area contributed by atoms with E-state index in [2.05, 4.69) is 5.32 Å². The number of nitrogens with zero attached hydrogens (tertiary/aromatic N) is 1. The van der Waals surface area contributed by atoms with Crippen LogP contribution in [0.4, 0.5) is 0 Å². The summed E-state index contributed by atoms with van der Waals surface area (Å²) >= 11 is 0. The van der Waals surface area contributed by atoms with Gasteiger partial charge in [0.15, 0.2) is 0 Å². The van der Waals surface area contributed by atoms with Crippen LogP contribution in [-0.4, -0.2) is 48.1 Å². The number of carbonyl (C=O) groups is 2. The van der Waals surface area contributed by atoms with E-state index in [0.29, 0.717) is 25.5 Å². The molecule has 114 valence electrons. The van der Waals surface area contributed by atoms with Crippen molar-refractivity contribution in [1.82, 2.24) is 10.2 Å². The Morgan fingerprint density at radius 1 is 1.35 bits per heavy atom. The third-order valence-electron chi connectivity index (χ3n) is 3.93. The van der Waals surface area contributed by atoms with Crippen molar-refractivity contribution in [3.05, 3.63) is 0 Å². The van der Waals surface area contributed by atoms with Gasteiger partial charge in [-0.3, -0.25) is 9.59 Å². The lowest BCUT2D eigenvalue weighted by Crippen LogP contribution is -2.64. The van der Waals surface area contributed by atoms with Gasteiger partial charge in [-0.1, -0.05) is 13.3 Å². The molecule has 1 aliphatic carbocycles. The molecule has 5 heteroatoms. The Kier molecular flexibility index (Phi) is 5.02. The molecule has 2 fully saturated rings. The average Bonchev–Trinajstić information content (AvgIpc) is 3.19. The molecule has 5 nitrogen and oxygen atoms in total. The van der Waals surface area contributed by atoms with Crippen LogP contribution in [0.2, 0.25) is 0 Å². The molecule has 1 saturated carbocycles. The van der Waals surface area contributed by atoms with Crippen LogP contribution in [0.15, 0.2) is 0 Å². The maximum absolute atomic E-state index is 12.5. The van der Waals surface area contributed by atoms with Crippen LogP contribution in [-0.2, 0) is 14.3 Å². The topological polar surface area (TPSA) is 58.6 Å². The number of rotatable bonds is 7. The molecule has 1 aliphatic heterocycles. The normalized spacial score (nSPS) is 27.1. The molecule has 0 spiro atoms. The Hall–Kier alpha value is -1.10. The zero-order valence-corrected chi connectivity index (χ0v) is 12.7. The van der Waals surface area contributed by atoms with Gasteiger partial charge < -0.3 is 15.0 Å². The first-order chi connectivity index (χ1) is 9.54. The molecular formula is C15H26N2O3. The van der Waals surface area contributed by atoms with Crippen molar-refractivity contribution in [3.63, 3.8) is 0 Å². The minimum Gasteiger partial charge on any atom is -0.377 e. The Balaban J connectivity index is 2.03. The number of ether oxygens (including phenoxy) is 1. The van der Waals surface area contributed by atoms with E-state index in [1.165, 1.54) is 0 Å². The number of nitrogens with one attached hydrogen (secondary N) is 1. The zero-order valence-electron chi connectivity index (χ0n) is 12.7. The maximum Gasteiger partial charge on any atom is 0.245 e. The van der Waals surface area contributed by atoms with E-state index in [0.717, 1.165) is 19.3 Å². The lowest BCUT2D eigenvalue weighted by molar-refractivity contribution is -0.151. The molecule has 1 N–H and O–H groups in total. The molecule has 2 aliphatic rings. The van der Waals surface area contributed by atoms with Crippen LogP contribution in [0.5, 0.6) is 0 Å². The van der Waals surface area contributed by atoms with Gasteiger partial charge in [-0.15, -0.1) is 0 Å². The first kappa shape index (κ1) is 15.3. The van der Waals surface area contributed by atoms with E-state index >= 15 is 0 Å². The molecule has 2 rings (SSSR count). The van der Waals surface area contributed by atoms with E-state index in [-0.39, 0.29) is 30.0 Å². The van der Waals surface area contributed by atoms with Crippen molar-refractivity contribution >= 4 is 11.8 Å². The van der Waals surface area contributed by atoms with Gasteiger partial charge in [0.05, 0.1) is 12.7 Å². The zero-order chi connectivity index (χ0) is 14.7. The summed E-state index contributed by atoms with van der Waals surface area (Å²) in [6, 6.07) is -0.618. The Morgan fingerprint density at radius 3 is 2.60 bits per heavy atom. The maximum atomic E-state index is 12.5. The van der Waals surface area contributed by atoms with Crippen molar-refractivity contribution in [1.29, 1.82) is 0 Å². The van der Waals surface area contributed by atoms with Crippen LogP contribution in [0, 0.1) is 5.92 Å². The second-order valence-electron chi connectivity index (χ2n) is 6.08. The minimum absolute atomic E-state index is 0.0232. The molecule has 20 heavy (non-hydrogen) atoms. The van der Waals surface area contributed by atoms with Crippen LogP contribution >= 0.6 is 0 Å². The molecule has 0 bridgehead atoms. The molecule has 0 aromatic heterocycles. The summed E-state index contributed by atoms with van der Waals surface area (Å²) in [5.74, 6) is 0.436. The summed E-state index contributed by atoms with van der Waals surface area (Å²) in [5.41, 5.74) is 0. The quantitative estimate of drug-likeness (QED) is 0.766. The van der Waals surface area contributed by atoms with Gasteiger partial charge in [0.25, 0.3) is 0 Å². The highest BCUT2D eigenvalue weighted by Gasteiger charge is 2.47. The van der Waals surface area contributed by atoms with E-state index in [1.807, 2.05) is 20.8 Å². The second kappa shape index (κ2) is 6.57. The minimum atomic E-state index is -0.346. The number of amides is 2. The number of piperazine rings is 1. The fraction of sp³-hybridized carbons (Fsp3) is 0.867.